The highest BCUT2D eigenvalue weighted by Crippen LogP contribution is 2.35. The van der Waals surface area contributed by atoms with E-state index in [0.717, 1.165) is 11.1 Å². The molecule has 122 valence electrons. The van der Waals surface area contributed by atoms with Crippen molar-refractivity contribution in [3.63, 3.8) is 0 Å². The van der Waals surface area contributed by atoms with Gasteiger partial charge < -0.3 is 5.73 Å². The molecule has 2 N–H and O–H groups in total. The average molecular weight is 381 g/mol. The summed E-state index contributed by atoms with van der Waals surface area (Å²) in [7, 11) is 0. The van der Waals surface area contributed by atoms with Crippen LogP contribution in [0, 0.1) is 22.9 Å². The Balaban J connectivity index is 3.72. The Bertz CT molecular complexity index is 745. The lowest BCUT2D eigenvalue weighted by atomic mass is 9.93. The maximum absolute atomic E-state index is 13.6. The molecule has 23 heavy (non-hydrogen) atoms. The van der Waals surface area contributed by atoms with Gasteiger partial charge in [-0.2, -0.15) is 0 Å². The van der Waals surface area contributed by atoms with Crippen molar-refractivity contribution in [1.29, 1.82) is 0 Å². The maximum atomic E-state index is 13.6. The minimum absolute atomic E-state index is 0.160. The van der Waals surface area contributed by atoms with Gasteiger partial charge in [-0.15, -0.1) is 0 Å². The van der Waals surface area contributed by atoms with Crippen LogP contribution in [-0.2, 0) is 0 Å². The predicted octanol–water partition coefficient (Wildman–Crippen LogP) is 4.84. The number of aryl methyl sites for hydroxylation is 1. The van der Waals surface area contributed by atoms with E-state index in [-0.39, 0.29) is 11.3 Å². The Kier molecular flexibility index (Phi) is 6.45. The second-order valence-corrected chi connectivity index (χ2v) is 6.05. The molecule has 0 radical (unpaired) electrons. The fourth-order valence-electron chi connectivity index (χ4n) is 2.05. The third kappa shape index (κ3) is 4.63. The van der Waals surface area contributed by atoms with E-state index in [1.54, 1.807) is 26.8 Å². The summed E-state index contributed by atoms with van der Waals surface area (Å²) in [6.45, 7) is 9.20. The number of hydrogen-bond donors (Lipinski definition) is 1. The van der Waals surface area contributed by atoms with Gasteiger partial charge in [0.05, 0.1) is 10.5 Å². The highest BCUT2D eigenvalue weighted by atomic mass is 79.9. The molecule has 0 atom stereocenters. The van der Waals surface area contributed by atoms with Crippen molar-refractivity contribution in [3.8, 4) is 0 Å². The standard InChI is InChI=1S/C17H18BrFN2O2/c1-10(2)7-16(21(22)23)17(15(18)9-20)12(4)14-8-13(19)6-5-11(14)3/h5-9H,4,20H2,1-3H3/b15-9-,17-16+. The molecule has 0 aliphatic carbocycles. The summed E-state index contributed by atoms with van der Waals surface area (Å²) < 4.78 is 13.9. The number of nitro groups is 1. The maximum Gasteiger partial charge on any atom is 0.278 e. The summed E-state index contributed by atoms with van der Waals surface area (Å²) in [5.74, 6) is -0.441. The Morgan fingerprint density at radius 2 is 2.04 bits per heavy atom. The van der Waals surface area contributed by atoms with Gasteiger partial charge in [0.25, 0.3) is 5.70 Å². The highest BCUT2D eigenvalue weighted by Gasteiger charge is 2.23. The molecule has 0 heterocycles. The van der Waals surface area contributed by atoms with Crippen LogP contribution in [-0.4, -0.2) is 4.92 Å². The summed E-state index contributed by atoms with van der Waals surface area (Å²) in [5, 5.41) is 11.5. The fourth-order valence-corrected chi connectivity index (χ4v) is 2.49. The molecule has 0 unspecified atom stereocenters. The molecule has 0 saturated heterocycles. The van der Waals surface area contributed by atoms with Crippen LogP contribution in [0.5, 0.6) is 0 Å². The molecule has 4 nitrogen and oxygen atoms in total. The number of benzene rings is 1. The monoisotopic (exact) mass is 380 g/mol. The second kappa shape index (κ2) is 7.87. The minimum atomic E-state index is -0.507. The van der Waals surface area contributed by atoms with Crippen LogP contribution in [0.1, 0.15) is 25.0 Å². The smallest absolute Gasteiger partial charge is 0.278 e. The Hall–Kier alpha value is -2.21. The lowest BCUT2D eigenvalue weighted by molar-refractivity contribution is -0.419. The van der Waals surface area contributed by atoms with E-state index in [1.165, 1.54) is 24.4 Å². The minimum Gasteiger partial charge on any atom is -0.404 e. The SMILES string of the molecule is C=C(C(/C(Br)=C/N)=C(/C=C(C)C)[N+](=O)[O-])c1cc(F)ccc1C. The zero-order valence-electron chi connectivity index (χ0n) is 13.2. The van der Waals surface area contributed by atoms with E-state index >= 15 is 0 Å². The van der Waals surface area contributed by atoms with Crippen LogP contribution < -0.4 is 5.73 Å². The number of nitrogens with two attached hydrogens (primary N) is 1. The molecule has 0 saturated carbocycles. The molecular weight excluding hydrogens is 363 g/mol. The summed E-state index contributed by atoms with van der Waals surface area (Å²) >= 11 is 3.23. The molecule has 1 aromatic carbocycles. The van der Waals surface area contributed by atoms with Crippen molar-refractivity contribution < 1.29 is 9.31 Å². The summed E-state index contributed by atoms with van der Waals surface area (Å²) in [6, 6.07) is 4.22. The molecular formula is C17H18BrFN2O2. The van der Waals surface area contributed by atoms with Crippen LogP contribution in [0.3, 0.4) is 0 Å². The number of nitrogens with zero attached hydrogens (tertiary/aromatic N) is 1. The third-order valence-corrected chi connectivity index (χ3v) is 3.75. The van der Waals surface area contributed by atoms with Crippen molar-refractivity contribution in [2.45, 2.75) is 20.8 Å². The predicted molar refractivity (Wildman–Crippen MR) is 94.8 cm³/mol. The Morgan fingerprint density at radius 1 is 1.43 bits per heavy atom. The fraction of sp³-hybridized carbons (Fsp3) is 0.176. The normalized spacial score (nSPS) is 12.5. The van der Waals surface area contributed by atoms with Crippen molar-refractivity contribution >= 4 is 21.5 Å². The summed E-state index contributed by atoms with van der Waals surface area (Å²) in [6.07, 6.45) is 2.64. The first-order chi connectivity index (χ1) is 10.7. The molecule has 6 heteroatoms. The van der Waals surface area contributed by atoms with E-state index in [9.17, 15) is 14.5 Å². The number of rotatable bonds is 5. The van der Waals surface area contributed by atoms with E-state index in [4.69, 9.17) is 5.73 Å². The van der Waals surface area contributed by atoms with E-state index in [1.807, 2.05) is 0 Å². The lowest BCUT2D eigenvalue weighted by Crippen LogP contribution is -2.05. The van der Waals surface area contributed by atoms with Gasteiger partial charge >= 0.3 is 0 Å². The quantitative estimate of drug-likeness (QED) is 0.451. The second-order valence-electron chi connectivity index (χ2n) is 5.19. The van der Waals surface area contributed by atoms with Gasteiger partial charge in [-0.3, -0.25) is 10.1 Å². The average Bonchev–Trinajstić information content (AvgIpc) is 2.47. The number of halogens is 2. The van der Waals surface area contributed by atoms with Gasteiger partial charge in [0.2, 0.25) is 0 Å². The van der Waals surface area contributed by atoms with Crippen LogP contribution in [0.25, 0.3) is 5.57 Å². The van der Waals surface area contributed by atoms with Gasteiger partial charge in [0.15, 0.2) is 0 Å². The van der Waals surface area contributed by atoms with Crippen LogP contribution >= 0.6 is 15.9 Å². The molecule has 0 spiro atoms. The molecule has 0 aliphatic heterocycles. The molecule has 0 aromatic heterocycles. The third-order valence-electron chi connectivity index (χ3n) is 3.09. The van der Waals surface area contributed by atoms with Gasteiger partial charge in [-0.25, -0.2) is 4.39 Å². The van der Waals surface area contributed by atoms with E-state index < -0.39 is 10.7 Å². The van der Waals surface area contributed by atoms with Crippen molar-refractivity contribution in [2.24, 2.45) is 5.73 Å². The first-order valence-electron chi connectivity index (χ1n) is 6.76. The Labute approximate surface area is 143 Å². The summed E-state index contributed by atoms with van der Waals surface area (Å²) in [5.41, 5.74) is 7.89. The van der Waals surface area contributed by atoms with Gasteiger partial charge in [0.1, 0.15) is 5.82 Å². The van der Waals surface area contributed by atoms with Crippen molar-refractivity contribution in [3.05, 3.63) is 85.4 Å². The summed E-state index contributed by atoms with van der Waals surface area (Å²) in [4.78, 5) is 11.0. The number of allylic oxidation sites excluding steroid dienone is 5. The van der Waals surface area contributed by atoms with Crippen molar-refractivity contribution in [1.82, 2.24) is 0 Å². The van der Waals surface area contributed by atoms with E-state index in [0.29, 0.717) is 15.6 Å². The topological polar surface area (TPSA) is 69.2 Å². The van der Waals surface area contributed by atoms with Crippen molar-refractivity contribution in [2.75, 3.05) is 0 Å². The van der Waals surface area contributed by atoms with Crippen LogP contribution in [0.15, 0.2) is 58.4 Å². The zero-order chi connectivity index (χ0) is 17.7. The zero-order valence-corrected chi connectivity index (χ0v) is 14.8. The van der Waals surface area contributed by atoms with E-state index in [2.05, 4.69) is 22.5 Å². The van der Waals surface area contributed by atoms with Gasteiger partial charge in [0, 0.05) is 16.8 Å². The van der Waals surface area contributed by atoms with Crippen LogP contribution in [0.2, 0.25) is 0 Å². The van der Waals surface area contributed by atoms with Gasteiger partial charge in [-0.1, -0.05) is 18.2 Å². The molecule has 1 rings (SSSR count). The van der Waals surface area contributed by atoms with Crippen LogP contribution in [0.4, 0.5) is 4.39 Å². The molecule has 0 bridgehead atoms. The first-order valence-corrected chi connectivity index (χ1v) is 7.55. The molecule has 0 aliphatic rings. The first kappa shape index (κ1) is 18.8. The largest absolute Gasteiger partial charge is 0.404 e. The molecule has 0 amide bonds. The molecule has 1 aromatic rings. The number of hydrogen-bond acceptors (Lipinski definition) is 3. The van der Waals surface area contributed by atoms with Gasteiger partial charge in [-0.05, 0) is 65.5 Å². The highest BCUT2D eigenvalue weighted by molar-refractivity contribution is 9.12. The molecule has 0 fully saturated rings. The Morgan fingerprint density at radius 3 is 2.52 bits per heavy atom. The lowest BCUT2D eigenvalue weighted by Gasteiger charge is -2.13.